The van der Waals surface area contributed by atoms with Crippen LogP contribution in [-0.2, 0) is 0 Å². The van der Waals surface area contributed by atoms with Crippen molar-refractivity contribution in [1.82, 2.24) is 5.32 Å². The Bertz CT molecular complexity index is 568. The minimum atomic E-state index is -0.470. The second kappa shape index (κ2) is 4.86. The van der Waals surface area contributed by atoms with Crippen molar-refractivity contribution >= 4 is 11.6 Å². The number of carbonyl (C=O) groups excluding carboxylic acids is 1. The van der Waals surface area contributed by atoms with Crippen molar-refractivity contribution in [1.29, 1.82) is 0 Å². The van der Waals surface area contributed by atoms with Crippen LogP contribution in [0.3, 0.4) is 0 Å². The highest BCUT2D eigenvalue weighted by atomic mass is 16.6. The fourth-order valence-corrected chi connectivity index (χ4v) is 2.39. The SMILES string of the molecule is Cc1cc(C(=O)NC2CC(O)C2(C)C)ccc1[N+](=O)[O-]. The Labute approximate surface area is 117 Å². The van der Waals surface area contributed by atoms with Gasteiger partial charge >= 0.3 is 0 Å². The van der Waals surface area contributed by atoms with Crippen molar-refractivity contribution in [2.75, 3.05) is 0 Å². The molecule has 0 heterocycles. The molecule has 0 aromatic heterocycles. The third kappa shape index (κ3) is 2.38. The number of rotatable bonds is 3. The van der Waals surface area contributed by atoms with Crippen molar-refractivity contribution in [3.05, 3.63) is 39.4 Å². The Morgan fingerprint density at radius 1 is 1.50 bits per heavy atom. The average Bonchev–Trinajstić information content (AvgIpc) is 2.37. The summed E-state index contributed by atoms with van der Waals surface area (Å²) in [5.41, 5.74) is 0.507. The number of nitrogens with one attached hydrogen (secondary N) is 1. The van der Waals surface area contributed by atoms with E-state index >= 15 is 0 Å². The highest BCUT2D eigenvalue weighted by Crippen LogP contribution is 2.40. The molecule has 0 aliphatic heterocycles. The van der Waals surface area contributed by atoms with Gasteiger partial charge in [0.05, 0.1) is 11.0 Å². The first-order valence-electron chi connectivity index (χ1n) is 6.47. The molecule has 2 unspecified atom stereocenters. The van der Waals surface area contributed by atoms with Crippen LogP contribution in [0.4, 0.5) is 5.69 Å². The second-order valence-electron chi connectivity index (χ2n) is 5.86. The number of nitro groups is 1. The van der Waals surface area contributed by atoms with Crippen molar-refractivity contribution < 1.29 is 14.8 Å². The van der Waals surface area contributed by atoms with Gasteiger partial charge in [-0.25, -0.2) is 0 Å². The molecule has 108 valence electrons. The van der Waals surface area contributed by atoms with E-state index in [-0.39, 0.29) is 23.1 Å². The van der Waals surface area contributed by atoms with Crippen LogP contribution in [0.1, 0.15) is 36.2 Å². The van der Waals surface area contributed by atoms with Crippen LogP contribution in [0, 0.1) is 22.5 Å². The Kier molecular flexibility index (Phi) is 3.52. The summed E-state index contributed by atoms with van der Waals surface area (Å²) >= 11 is 0. The third-order valence-electron chi connectivity index (χ3n) is 4.18. The van der Waals surface area contributed by atoms with Gasteiger partial charge < -0.3 is 10.4 Å². The summed E-state index contributed by atoms with van der Waals surface area (Å²) < 4.78 is 0. The van der Waals surface area contributed by atoms with E-state index in [1.807, 2.05) is 13.8 Å². The van der Waals surface area contributed by atoms with Gasteiger partial charge in [0.2, 0.25) is 0 Å². The molecular weight excluding hydrogens is 260 g/mol. The molecule has 1 saturated carbocycles. The number of nitro benzene ring substituents is 1. The van der Waals surface area contributed by atoms with Gasteiger partial charge in [-0.1, -0.05) is 13.8 Å². The number of aliphatic hydroxyl groups is 1. The molecule has 1 fully saturated rings. The molecular formula is C14H18N2O4. The number of benzene rings is 1. The minimum absolute atomic E-state index is 0.000876. The minimum Gasteiger partial charge on any atom is -0.392 e. The zero-order valence-corrected chi connectivity index (χ0v) is 11.7. The van der Waals surface area contributed by atoms with E-state index in [4.69, 9.17) is 0 Å². The Balaban J connectivity index is 2.11. The Hall–Kier alpha value is -1.95. The molecule has 0 spiro atoms. The lowest BCUT2D eigenvalue weighted by Gasteiger charge is -2.49. The first kappa shape index (κ1) is 14.5. The van der Waals surface area contributed by atoms with Crippen LogP contribution in [-0.4, -0.2) is 28.1 Å². The number of hydrogen-bond donors (Lipinski definition) is 2. The molecule has 1 aliphatic carbocycles. The quantitative estimate of drug-likeness (QED) is 0.651. The summed E-state index contributed by atoms with van der Waals surface area (Å²) in [5.74, 6) is -0.270. The van der Waals surface area contributed by atoms with Crippen LogP contribution in [0.5, 0.6) is 0 Å². The standard InChI is InChI=1S/C14H18N2O4/c1-8-6-9(4-5-10(8)16(19)20)13(18)15-11-7-12(17)14(11,2)3/h4-6,11-12,17H,7H2,1-3H3,(H,15,18). The Morgan fingerprint density at radius 2 is 2.15 bits per heavy atom. The number of amides is 1. The molecule has 6 heteroatoms. The molecule has 0 radical (unpaired) electrons. The van der Waals surface area contributed by atoms with E-state index < -0.39 is 11.0 Å². The van der Waals surface area contributed by atoms with Crippen LogP contribution in [0.2, 0.25) is 0 Å². The Morgan fingerprint density at radius 3 is 2.60 bits per heavy atom. The summed E-state index contributed by atoms with van der Waals surface area (Å²) in [5, 5.41) is 23.2. The molecule has 1 aliphatic rings. The maximum atomic E-state index is 12.1. The summed E-state index contributed by atoms with van der Waals surface area (Å²) in [6, 6.07) is 4.21. The zero-order valence-electron chi connectivity index (χ0n) is 11.7. The van der Waals surface area contributed by atoms with Gasteiger partial charge in [-0.05, 0) is 25.5 Å². The van der Waals surface area contributed by atoms with Crippen molar-refractivity contribution in [2.24, 2.45) is 5.41 Å². The van der Waals surface area contributed by atoms with Gasteiger partial charge in [-0.3, -0.25) is 14.9 Å². The number of hydrogen-bond acceptors (Lipinski definition) is 4. The van der Waals surface area contributed by atoms with E-state index in [9.17, 15) is 20.0 Å². The number of carbonyl (C=O) groups is 1. The summed E-state index contributed by atoms with van der Waals surface area (Å²) in [7, 11) is 0. The second-order valence-corrected chi connectivity index (χ2v) is 5.86. The highest BCUT2D eigenvalue weighted by Gasteiger charge is 2.47. The zero-order chi connectivity index (χ0) is 15.1. The van der Waals surface area contributed by atoms with E-state index in [0.717, 1.165) is 0 Å². The first-order chi connectivity index (χ1) is 9.23. The van der Waals surface area contributed by atoms with Crippen LogP contribution >= 0.6 is 0 Å². The molecule has 1 aromatic carbocycles. The molecule has 2 atom stereocenters. The van der Waals surface area contributed by atoms with Crippen LogP contribution < -0.4 is 5.32 Å². The lowest BCUT2D eigenvalue weighted by Crippen LogP contribution is -2.61. The molecule has 6 nitrogen and oxygen atoms in total. The number of aryl methyl sites for hydroxylation is 1. The molecule has 20 heavy (non-hydrogen) atoms. The van der Waals surface area contributed by atoms with Crippen LogP contribution in [0.15, 0.2) is 18.2 Å². The van der Waals surface area contributed by atoms with Crippen molar-refractivity contribution in [3.8, 4) is 0 Å². The van der Waals surface area contributed by atoms with Crippen LogP contribution in [0.25, 0.3) is 0 Å². The van der Waals surface area contributed by atoms with Gasteiger partial charge in [0.15, 0.2) is 0 Å². The van der Waals surface area contributed by atoms with Gasteiger partial charge in [-0.2, -0.15) is 0 Å². The summed E-state index contributed by atoms with van der Waals surface area (Å²) in [6.45, 7) is 5.40. The monoisotopic (exact) mass is 278 g/mol. The summed E-state index contributed by atoms with van der Waals surface area (Å²) in [4.78, 5) is 22.4. The highest BCUT2D eigenvalue weighted by molar-refractivity contribution is 5.95. The van der Waals surface area contributed by atoms with Gasteiger partial charge in [0, 0.05) is 28.7 Å². The molecule has 0 bridgehead atoms. The maximum Gasteiger partial charge on any atom is 0.272 e. The lowest BCUT2D eigenvalue weighted by molar-refractivity contribution is -0.385. The molecule has 0 saturated heterocycles. The lowest BCUT2D eigenvalue weighted by atomic mass is 9.64. The fraction of sp³-hybridized carbons (Fsp3) is 0.500. The number of aliphatic hydroxyl groups excluding tert-OH is 1. The van der Waals surface area contributed by atoms with E-state index in [1.165, 1.54) is 18.2 Å². The van der Waals surface area contributed by atoms with E-state index in [1.54, 1.807) is 6.92 Å². The molecule has 2 rings (SSSR count). The predicted molar refractivity (Wildman–Crippen MR) is 73.5 cm³/mol. The molecule has 2 N–H and O–H groups in total. The normalized spacial score (nSPS) is 23.8. The third-order valence-corrected chi connectivity index (χ3v) is 4.18. The van der Waals surface area contributed by atoms with Crippen molar-refractivity contribution in [3.63, 3.8) is 0 Å². The topological polar surface area (TPSA) is 92.5 Å². The van der Waals surface area contributed by atoms with Gasteiger partial charge in [0.1, 0.15) is 0 Å². The largest absolute Gasteiger partial charge is 0.392 e. The first-order valence-corrected chi connectivity index (χ1v) is 6.47. The van der Waals surface area contributed by atoms with E-state index in [0.29, 0.717) is 17.5 Å². The van der Waals surface area contributed by atoms with E-state index in [2.05, 4.69) is 5.32 Å². The fourth-order valence-electron chi connectivity index (χ4n) is 2.39. The predicted octanol–water partition coefficient (Wildman–Crippen LogP) is 1.79. The molecule has 1 aromatic rings. The maximum absolute atomic E-state index is 12.1. The van der Waals surface area contributed by atoms with Gasteiger partial charge in [-0.15, -0.1) is 0 Å². The molecule has 1 amide bonds. The smallest absolute Gasteiger partial charge is 0.272 e. The summed E-state index contributed by atoms with van der Waals surface area (Å²) in [6.07, 6.45) is 0.122. The van der Waals surface area contributed by atoms with Gasteiger partial charge in [0.25, 0.3) is 11.6 Å². The number of nitrogens with zero attached hydrogens (tertiary/aromatic N) is 1. The average molecular weight is 278 g/mol. The van der Waals surface area contributed by atoms with Crippen molar-refractivity contribution in [2.45, 2.75) is 39.3 Å².